The van der Waals surface area contributed by atoms with Crippen LogP contribution in [-0.2, 0) is 4.74 Å². The van der Waals surface area contributed by atoms with Gasteiger partial charge in [0.15, 0.2) is 0 Å². The van der Waals surface area contributed by atoms with Crippen LogP contribution in [0.5, 0.6) is 0 Å². The van der Waals surface area contributed by atoms with Crippen molar-refractivity contribution in [3.63, 3.8) is 0 Å². The molecule has 1 aliphatic heterocycles. The number of ether oxygens (including phenoxy) is 1. The number of hydrogen-bond acceptors (Lipinski definition) is 4. The average Bonchev–Trinajstić information content (AvgIpc) is 2.45. The summed E-state index contributed by atoms with van der Waals surface area (Å²) in [5.41, 5.74) is 0.677. The van der Waals surface area contributed by atoms with Crippen LogP contribution in [0, 0.1) is 0 Å². The molecule has 1 unspecified atom stereocenters. The van der Waals surface area contributed by atoms with Gasteiger partial charge in [0.1, 0.15) is 0 Å². The molecule has 1 aliphatic rings. The van der Waals surface area contributed by atoms with Gasteiger partial charge in [0.25, 0.3) is 0 Å². The van der Waals surface area contributed by atoms with Crippen molar-refractivity contribution in [3.8, 4) is 0 Å². The molecule has 2 rings (SSSR count). The number of aliphatic hydroxyl groups is 1. The Morgan fingerprint density at radius 3 is 2.63 bits per heavy atom. The fourth-order valence-electron chi connectivity index (χ4n) is 2.37. The monoisotopic (exact) mass is 281 g/mol. The van der Waals surface area contributed by atoms with Crippen LogP contribution in [0.1, 0.15) is 24.4 Å². The first-order chi connectivity index (χ1) is 9.23. The Morgan fingerprint density at radius 1 is 1.32 bits per heavy atom. The lowest BCUT2D eigenvalue weighted by Crippen LogP contribution is -2.46. The molecule has 0 amide bonds. The molecule has 0 radical (unpaired) electrons. The molecule has 1 aromatic rings. The van der Waals surface area contributed by atoms with Crippen LogP contribution in [0.25, 0.3) is 0 Å². The van der Waals surface area contributed by atoms with Crippen LogP contribution in [0.15, 0.2) is 30.3 Å². The highest BCUT2D eigenvalue weighted by atomic mass is 32.2. The summed E-state index contributed by atoms with van der Waals surface area (Å²) in [5, 5.41) is 14.0. The molecule has 0 bridgehead atoms. The van der Waals surface area contributed by atoms with Crippen molar-refractivity contribution in [1.82, 2.24) is 5.32 Å². The molecule has 1 saturated heterocycles. The second-order valence-corrected chi connectivity index (χ2v) is 6.05. The van der Waals surface area contributed by atoms with E-state index in [2.05, 4.69) is 35.8 Å². The minimum absolute atomic E-state index is 0.295. The van der Waals surface area contributed by atoms with Crippen LogP contribution in [-0.4, -0.2) is 42.5 Å². The third kappa shape index (κ3) is 4.49. The van der Waals surface area contributed by atoms with E-state index >= 15 is 0 Å². The quantitative estimate of drug-likeness (QED) is 0.839. The molecule has 3 nitrogen and oxygen atoms in total. The van der Waals surface area contributed by atoms with Crippen LogP contribution in [0.4, 0.5) is 0 Å². The third-order valence-electron chi connectivity index (χ3n) is 3.64. The van der Waals surface area contributed by atoms with Crippen molar-refractivity contribution in [2.45, 2.75) is 24.5 Å². The smallest absolute Gasteiger partial charge is 0.0815 e. The summed E-state index contributed by atoms with van der Waals surface area (Å²) in [4.78, 5) is 0. The van der Waals surface area contributed by atoms with Crippen molar-refractivity contribution in [2.24, 2.45) is 0 Å². The van der Waals surface area contributed by atoms with Gasteiger partial charge >= 0.3 is 0 Å². The zero-order valence-corrected chi connectivity index (χ0v) is 12.3. The van der Waals surface area contributed by atoms with Gasteiger partial charge in [0, 0.05) is 44.4 Å². The normalized spacial score (nSPS) is 20.1. The maximum absolute atomic E-state index is 10.5. The molecule has 0 saturated carbocycles. The Hall–Kier alpha value is -0.550. The van der Waals surface area contributed by atoms with Gasteiger partial charge < -0.3 is 15.2 Å². The lowest BCUT2D eigenvalue weighted by atomic mass is 9.94. The highest BCUT2D eigenvalue weighted by molar-refractivity contribution is 7.98. The molecule has 1 atom stereocenters. The second-order valence-electron chi connectivity index (χ2n) is 5.14. The molecule has 2 N–H and O–H groups in total. The van der Waals surface area contributed by atoms with E-state index in [1.807, 2.05) is 17.8 Å². The first kappa shape index (κ1) is 14.9. The predicted molar refractivity (Wildman–Crippen MR) is 80.6 cm³/mol. The summed E-state index contributed by atoms with van der Waals surface area (Å²) in [5.74, 6) is 1.01. The van der Waals surface area contributed by atoms with Crippen LogP contribution in [0.3, 0.4) is 0 Å². The summed E-state index contributed by atoms with van der Waals surface area (Å²) in [7, 11) is 0. The van der Waals surface area contributed by atoms with Crippen molar-refractivity contribution in [1.29, 1.82) is 0 Å². The van der Waals surface area contributed by atoms with E-state index in [1.54, 1.807) is 0 Å². The fraction of sp³-hybridized carbons (Fsp3) is 0.600. The molecule has 106 valence electrons. The fourth-order valence-corrected chi connectivity index (χ4v) is 3.01. The van der Waals surface area contributed by atoms with E-state index in [1.165, 1.54) is 5.56 Å². The van der Waals surface area contributed by atoms with Crippen LogP contribution < -0.4 is 5.32 Å². The Morgan fingerprint density at radius 2 is 2.00 bits per heavy atom. The van der Waals surface area contributed by atoms with Gasteiger partial charge in [-0.2, -0.15) is 11.8 Å². The van der Waals surface area contributed by atoms with E-state index in [-0.39, 0.29) is 0 Å². The SMILES string of the molecule is CSCC(NCC1(O)CCOCC1)c1ccccc1. The number of nitrogens with one attached hydrogen (secondary N) is 1. The highest BCUT2D eigenvalue weighted by Gasteiger charge is 2.30. The summed E-state index contributed by atoms with van der Waals surface area (Å²) in [6.45, 7) is 1.96. The molecular weight excluding hydrogens is 258 g/mol. The van der Waals surface area contributed by atoms with Crippen molar-refractivity contribution in [3.05, 3.63) is 35.9 Å². The minimum Gasteiger partial charge on any atom is -0.388 e. The van der Waals surface area contributed by atoms with E-state index < -0.39 is 5.60 Å². The number of thioether (sulfide) groups is 1. The topological polar surface area (TPSA) is 41.5 Å². The van der Waals surface area contributed by atoms with E-state index in [0.29, 0.717) is 25.8 Å². The number of hydrogen-bond donors (Lipinski definition) is 2. The van der Waals surface area contributed by atoms with Crippen molar-refractivity contribution < 1.29 is 9.84 Å². The molecule has 1 aromatic carbocycles. The van der Waals surface area contributed by atoms with Gasteiger partial charge in [-0.25, -0.2) is 0 Å². The second kappa shape index (κ2) is 7.29. The molecular formula is C15H23NO2S. The lowest BCUT2D eigenvalue weighted by Gasteiger charge is -2.34. The highest BCUT2D eigenvalue weighted by Crippen LogP contribution is 2.22. The van der Waals surface area contributed by atoms with Gasteiger partial charge in [-0.3, -0.25) is 0 Å². The van der Waals surface area contributed by atoms with Crippen LogP contribution in [0.2, 0.25) is 0 Å². The lowest BCUT2D eigenvalue weighted by molar-refractivity contribution is -0.0625. The zero-order chi connectivity index (χ0) is 13.6. The average molecular weight is 281 g/mol. The molecule has 0 aromatic heterocycles. The number of benzene rings is 1. The number of rotatable bonds is 6. The summed E-state index contributed by atoms with van der Waals surface area (Å²) in [6.07, 6.45) is 3.56. The van der Waals surface area contributed by atoms with Gasteiger partial charge in [-0.15, -0.1) is 0 Å². The van der Waals surface area contributed by atoms with Crippen molar-refractivity contribution in [2.75, 3.05) is 31.8 Å². The van der Waals surface area contributed by atoms with Gasteiger partial charge in [0.05, 0.1) is 5.60 Å². The van der Waals surface area contributed by atoms with E-state index in [0.717, 1.165) is 18.6 Å². The molecule has 0 aliphatic carbocycles. The minimum atomic E-state index is -0.607. The summed E-state index contributed by atoms with van der Waals surface area (Å²) < 4.78 is 5.31. The first-order valence-electron chi connectivity index (χ1n) is 6.81. The molecule has 0 spiro atoms. The maximum Gasteiger partial charge on any atom is 0.0815 e. The molecule has 1 heterocycles. The van der Waals surface area contributed by atoms with Gasteiger partial charge in [-0.1, -0.05) is 30.3 Å². The Balaban J connectivity index is 1.93. The largest absolute Gasteiger partial charge is 0.388 e. The van der Waals surface area contributed by atoms with Crippen LogP contribution >= 0.6 is 11.8 Å². The molecule has 19 heavy (non-hydrogen) atoms. The van der Waals surface area contributed by atoms with Gasteiger partial charge in [0.2, 0.25) is 0 Å². The zero-order valence-electron chi connectivity index (χ0n) is 11.5. The first-order valence-corrected chi connectivity index (χ1v) is 8.20. The summed E-state index contributed by atoms with van der Waals surface area (Å²) >= 11 is 1.82. The standard InChI is InChI=1S/C15H23NO2S/c1-19-11-14(13-5-3-2-4-6-13)16-12-15(17)7-9-18-10-8-15/h2-6,14,16-17H,7-12H2,1H3. The van der Waals surface area contributed by atoms with Crippen molar-refractivity contribution >= 4 is 11.8 Å². The molecule has 4 heteroatoms. The Bertz CT molecular complexity index is 366. The Kier molecular flexibility index (Phi) is 5.70. The van der Waals surface area contributed by atoms with E-state index in [4.69, 9.17) is 4.74 Å². The molecule has 1 fully saturated rings. The maximum atomic E-state index is 10.5. The predicted octanol–water partition coefficient (Wildman–Crippen LogP) is 2.22. The van der Waals surface area contributed by atoms with Gasteiger partial charge in [-0.05, 0) is 11.8 Å². The summed E-state index contributed by atoms with van der Waals surface area (Å²) in [6, 6.07) is 10.7. The van der Waals surface area contributed by atoms with E-state index in [9.17, 15) is 5.11 Å². The third-order valence-corrected chi connectivity index (χ3v) is 4.30. The Labute approximate surface area is 119 Å².